The highest BCUT2D eigenvalue weighted by Gasteiger charge is 2.28. The van der Waals surface area contributed by atoms with E-state index in [1.54, 1.807) is 23.5 Å². The monoisotopic (exact) mass is 583 g/mol. The number of carbonyl (C=O) groups excluding carboxylic acids is 2. The second-order valence-corrected chi connectivity index (χ2v) is 11.4. The molecule has 5 rings (SSSR count). The highest BCUT2D eigenvalue weighted by Crippen LogP contribution is 2.33. The standard InChI is InChI=1S/C31H38FN3O5S/c1-2-3-15-38-16-17-39-22-31(37)40-35-27-19-23(4-5-24(27)6-7-30(35)36)8-10-33-11-13-34(14-12-33)28-20-25(32)21-29-26(28)9-18-41-29/h4-5,9,18-21H,2-3,6-8,10-17,22H2,1H3. The Morgan fingerprint density at radius 1 is 0.976 bits per heavy atom. The molecular formula is C31H38FN3O5S. The second-order valence-electron chi connectivity index (χ2n) is 10.5. The number of carbonyl (C=O) groups is 2. The fourth-order valence-corrected chi connectivity index (χ4v) is 6.10. The molecule has 1 fully saturated rings. The van der Waals surface area contributed by atoms with Crippen LogP contribution >= 0.6 is 11.3 Å². The molecule has 2 aliphatic rings. The number of benzene rings is 2. The van der Waals surface area contributed by atoms with E-state index < -0.39 is 5.97 Å². The van der Waals surface area contributed by atoms with E-state index in [4.69, 9.17) is 14.3 Å². The van der Waals surface area contributed by atoms with Gasteiger partial charge in [-0.3, -0.25) is 9.69 Å². The molecule has 3 heterocycles. The Hall–Kier alpha value is -3.05. The Labute approximate surface area is 244 Å². The summed E-state index contributed by atoms with van der Waals surface area (Å²) in [7, 11) is 0. The lowest BCUT2D eigenvalue weighted by atomic mass is 9.99. The molecule has 1 amide bonds. The van der Waals surface area contributed by atoms with Crippen molar-refractivity contribution in [2.24, 2.45) is 0 Å². The molecule has 220 valence electrons. The van der Waals surface area contributed by atoms with Crippen LogP contribution in [-0.2, 0) is 36.7 Å². The molecule has 3 aromatic rings. The van der Waals surface area contributed by atoms with E-state index >= 15 is 0 Å². The molecule has 41 heavy (non-hydrogen) atoms. The Bertz CT molecular complexity index is 1340. The van der Waals surface area contributed by atoms with Gasteiger partial charge in [-0.25, -0.2) is 9.18 Å². The van der Waals surface area contributed by atoms with Crippen molar-refractivity contribution < 1.29 is 28.3 Å². The summed E-state index contributed by atoms with van der Waals surface area (Å²) in [4.78, 5) is 35.2. The summed E-state index contributed by atoms with van der Waals surface area (Å²) in [5.41, 5.74) is 3.66. The fraction of sp³-hybridized carbons (Fsp3) is 0.484. The van der Waals surface area contributed by atoms with Crippen molar-refractivity contribution >= 4 is 44.7 Å². The zero-order chi connectivity index (χ0) is 28.6. The molecular weight excluding hydrogens is 545 g/mol. The van der Waals surface area contributed by atoms with Gasteiger partial charge < -0.3 is 19.2 Å². The van der Waals surface area contributed by atoms with Crippen molar-refractivity contribution in [2.45, 2.75) is 39.0 Å². The van der Waals surface area contributed by atoms with Crippen LogP contribution in [0.3, 0.4) is 0 Å². The van der Waals surface area contributed by atoms with Gasteiger partial charge in [-0.2, -0.15) is 0 Å². The predicted octanol–water partition coefficient (Wildman–Crippen LogP) is 4.98. The van der Waals surface area contributed by atoms with Crippen molar-refractivity contribution in [1.29, 1.82) is 0 Å². The Morgan fingerprint density at radius 2 is 1.80 bits per heavy atom. The third-order valence-electron chi connectivity index (χ3n) is 7.57. The van der Waals surface area contributed by atoms with Crippen molar-refractivity contribution in [2.75, 3.05) is 69.1 Å². The molecule has 8 nitrogen and oxygen atoms in total. The van der Waals surface area contributed by atoms with Crippen LogP contribution in [0.1, 0.15) is 37.3 Å². The summed E-state index contributed by atoms with van der Waals surface area (Å²) < 4.78 is 26.0. The average molecular weight is 584 g/mol. The molecule has 0 unspecified atom stereocenters. The van der Waals surface area contributed by atoms with E-state index in [2.05, 4.69) is 28.9 Å². The number of hydrogen-bond acceptors (Lipinski definition) is 8. The summed E-state index contributed by atoms with van der Waals surface area (Å²) >= 11 is 1.57. The molecule has 0 N–H and O–H groups in total. The first kappa shape index (κ1) is 29.4. The van der Waals surface area contributed by atoms with Gasteiger partial charge in [-0.15, -0.1) is 16.4 Å². The van der Waals surface area contributed by atoms with Crippen molar-refractivity contribution in [3.8, 4) is 0 Å². The summed E-state index contributed by atoms with van der Waals surface area (Å²) in [6.07, 6.45) is 3.77. The minimum atomic E-state index is -0.610. The molecule has 0 aliphatic carbocycles. The molecule has 2 aliphatic heterocycles. The third kappa shape index (κ3) is 7.62. The number of hydroxylamine groups is 1. The van der Waals surface area contributed by atoms with Crippen LogP contribution < -0.4 is 9.96 Å². The number of unbranched alkanes of at least 4 members (excludes halogenated alkanes) is 1. The number of rotatable bonds is 13. The maximum Gasteiger partial charge on any atom is 0.358 e. The Kier molecular flexibility index (Phi) is 10.2. The van der Waals surface area contributed by atoms with Gasteiger partial charge in [0, 0.05) is 61.5 Å². The normalized spacial score (nSPS) is 15.9. The van der Waals surface area contributed by atoms with Crippen LogP contribution in [0.2, 0.25) is 0 Å². The van der Waals surface area contributed by atoms with Gasteiger partial charge in [0.15, 0.2) is 0 Å². The van der Waals surface area contributed by atoms with E-state index in [0.29, 0.717) is 38.3 Å². The molecule has 1 saturated heterocycles. The highest BCUT2D eigenvalue weighted by molar-refractivity contribution is 7.17. The van der Waals surface area contributed by atoms with E-state index in [9.17, 15) is 14.0 Å². The lowest BCUT2D eigenvalue weighted by molar-refractivity contribution is -0.155. The van der Waals surface area contributed by atoms with Gasteiger partial charge in [0.1, 0.15) is 12.4 Å². The van der Waals surface area contributed by atoms with Crippen molar-refractivity contribution in [3.63, 3.8) is 0 Å². The van der Waals surface area contributed by atoms with Gasteiger partial charge in [0.25, 0.3) is 5.91 Å². The van der Waals surface area contributed by atoms with Crippen LogP contribution in [0.25, 0.3) is 10.1 Å². The second kappa shape index (κ2) is 14.2. The topological polar surface area (TPSA) is 71.5 Å². The number of thiophene rings is 1. The predicted molar refractivity (Wildman–Crippen MR) is 159 cm³/mol. The van der Waals surface area contributed by atoms with E-state index in [-0.39, 0.29) is 18.3 Å². The van der Waals surface area contributed by atoms with Crippen LogP contribution in [-0.4, -0.2) is 75.9 Å². The lowest BCUT2D eigenvalue weighted by Crippen LogP contribution is -2.47. The SMILES string of the molecule is CCCCOCCOCC(=O)ON1C(=O)CCc2ccc(CCN3CCN(c4cc(F)cc5sccc45)CC3)cc21. The first-order valence-corrected chi connectivity index (χ1v) is 15.3. The summed E-state index contributed by atoms with van der Waals surface area (Å²) in [5, 5.41) is 4.26. The zero-order valence-electron chi connectivity index (χ0n) is 23.6. The number of halogens is 1. The molecule has 2 aromatic carbocycles. The van der Waals surface area contributed by atoms with Gasteiger partial charge in [-0.05, 0) is 60.0 Å². The zero-order valence-corrected chi connectivity index (χ0v) is 24.4. The van der Waals surface area contributed by atoms with Crippen molar-refractivity contribution in [3.05, 3.63) is 58.7 Å². The van der Waals surface area contributed by atoms with Crippen LogP contribution in [0, 0.1) is 5.82 Å². The van der Waals surface area contributed by atoms with Crippen LogP contribution in [0.5, 0.6) is 0 Å². The number of fused-ring (bicyclic) bond motifs is 2. The maximum atomic E-state index is 14.2. The molecule has 0 radical (unpaired) electrons. The van der Waals surface area contributed by atoms with Gasteiger partial charge in [0.05, 0.1) is 18.9 Å². The van der Waals surface area contributed by atoms with E-state index in [1.165, 1.54) is 0 Å². The molecule has 10 heteroatoms. The van der Waals surface area contributed by atoms with Crippen LogP contribution in [0.15, 0.2) is 41.8 Å². The molecule has 0 spiro atoms. The minimum absolute atomic E-state index is 0.192. The molecule has 0 atom stereocenters. The largest absolute Gasteiger partial charge is 0.379 e. The number of nitrogens with zero attached hydrogens (tertiary/aromatic N) is 3. The summed E-state index contributed by atoms with van der Waals surface area (Å²) in [5.74, 6) is -1.04. The Morgan fingerprint density at radius 3 is 2.63 bits per heavy atom. The average Bonchev–Trinajstić information content (AvgIpc) is 3.45. The fourth-order valence-electron chi connectivity index (χ4n) is 5.27. The number of ether oxygens (including phenoxy) is 2. The smallest absolute Gasteiger partial charge is 0.358 e. The first-order valence-electron chi connectivity index (χ1n) is 14.5. The summed E-state index contributed by atoms with van der Waals surface area (Å²) in [6, 6.07) is 11.4. The number of piperazine rings is 1. The van der Waals surface area contributed by atoms with E-state index in [1.807, 2.05) is 17.5 Å². The van der Waals surface area contributed by atoms with Crippen LogP contribution in [0.4, 0.5) is 15.8 Å². The number of anilines is 2. The number of aryl methyl sites for hydroxylation is 1. The molecule has 1 aromatic heterocycles. The third-order valence-corrected chi connectivity index (χ3v) is 8.44. The van der Waals surface area contributed by atoms with Gasteiger partial charge in [-0.1, -0.05) is 25.5 Å². The van der Waals surface area contributed by atoms with Gasteiger partial charge >= 0.3 is 5.97 Å². The number of amides is 1. The highest BCUT2D eigenvalue weighted by atomic mass is 32.1. The lowest BCUT2D eigenvalue weighted by Gasteiger charge is -2.36. The molecule has 0 bridgehead atoms. The molecule has 0 saturated carbocycles. The quantitative estimate of drug-likeness (QED) is 0.263. The van der Waals surface area contributed by atoms with Crippen molar-refractivity contribution in [1.82, 2.24) is 4.90 Å². The maximum absolute atomic E-state index is 14.2. The first-order chi connectivity index (χ1) is 20.0. The minimum Gasteiger partial charge on any atom is -0.379 e. The Balaban J connectivity index is 1.12. The van der Waals surface area contributed by atoms with E-state index in [0.717, 1.165) is 83.9 Å². The van der Waals surface area contributed by atoms with Gasteiger partial charge in [0.2, 0.25) is 0 Å². The summed E-state index contributed by atoms with van der Waals surface area (Å²) in [6.45, 7) is 7.56. The number of hydrogen-bond donors (Lipinski definition) is 0.